The summed E-state index contributed by atoms with van der Waals surface area (Å²) in [5, 5.41) is 14.6. The van der Waals surface area contributed by atoms with Gasteiger partial charge in [-0.05, 0) is 43.0 Å². The van der Waals surface area contributed by atoms with E-state index in [-0.39, 0.29) is 39.0 Å². The lowest BCUT2D eigenvalue weighted by Crippen LogP contribution is -2.46. The molecule has 52 heavy (non-hydrogen) atoms. The van der Waals surface area contributed by atoms with Crippen LogP contribution in [0, 0.1) is 0 Å². The second-order valence-electron chi connectivity index (χ2n) is 13.3. The van der Waals surface area contributed by atoms with Crippen LogP contribution in [0.25, 0.3) is 11.1 Å². The van der Waals surface area contributed by atoms with Gasteiger partial charge in [0.05, 0.1) is 38.9 Å². The molecule has 3 aliphatic rings. The average Bonchev–Trinajstić information content (AvgIpc) is 3.79. The van der Waals surface area contributed by atoms with Crippen LogP contribution in [0.1, 0.15) is 37.8 Å². The molecule has 0 aromatic heterocycles. The molecule has 2 aromatic rings. The lowest BCUT2D eigenvalue weighted by Gasteiger charge is -2.23. The molecule has 0 bridgehead atoms. The molecule has 0 saturated carbocycles. The minimum absolute atomic E-state index is 0.0891. The predicted octanol–water partition coefficient (Wildman–Crippen LogP) is 0.0235. The van der Waals surface area contributed by atoms with Crippen LogP contribution in [0.4, 0.5) is 9.59 Å². The molecule has 2 saturated heterocycles. The van der Waals surface area contributed by atoms with E-state index in [0.717, 1.165) is 22.3 Å². The van der Waals surface area contributed by atoms with Crippen molar-refractivity contribution in [1.29, 1.82) is 0 Å². The van der Waals surface area contributed by atoms with Crippen molar-refractivity contribution in [3.63, 3.8) is 0 Å². The summed E-state index contributed by atoms with van der Waals surface area (Å²) in [6, 6.07) is 15.4. The van der Waals surface area contributed by atoms with Crippen molar-refractivity contribution in [2.75, 3.05) is 52.7 Å². The first-order valence-corrected chi connectivity index (χ1v) is 16.9. The predicted molar refractivity (Wildman–Crippen MR) is 183 cm³/mol. The minimum Gasteiger partial charge on any atom is -0.449 e. The third kappa shape index (κ3) is 10.4. The summed E-state index contributed by atoms with van der Waals surface area (Å²) in [5.41, 5.74) is 3.66. The molecule has 6 amide bonds. The number of carbonyl (C=O) groups excluding carboxylic acids is 6. The van der Waals surface area contributed by atoms with Crippen LogP contribution >= 0.6 is 0 Å². The monoisotopic (exact) mass is 724 g/mol. The van der Waals surface area contributed by atoms with Gasteiger partial charge in [0.15, 0.2) is 0 Å². The first kappa shape index (κ1) is 38.0. The smallest absolute Gasteiger partial charge is 0.408 e. The number of benzene rings is 2. The fourth-order valence-electron chi connectivity index (χ4n) is 6.01. The molecule has 0 unspecified atom stereocenters. The molecule has 4 atom stereocenters. The van der Waals surface area contributed by atoms with Gasteiger partial charge in [-0.1, -0.05) is 48.5 Å². The third-order valence-electron chi connectivity index (χ3n) is 8.35. The molecule has 2 heterocycles. The fraction of sp³-hybridized carbons (Fsp3) is 0.486. The van der Waals surface area contributed by atoms with E-state index in [9.17, 15) is 28.8 Å². The summed E-state index contributed by atoms with van der Waals surface area (Å²) >= 11 is 0. The Morgan fingerprint density at radius 1 is 0.673 bits per heavy atom. The first-order chi connectivity index (χ1) is 24.9. The Bertz CT molecular complexity index is 1600. The van der Waals surface area contributed by atoms with Crippen LogP contribution in [0.3, 0.4) is 0 Å². The maximum Gasteiger partial charge on any atom is 0.408 e. The number of hydrogen-bond donors (Lipinski definition) is 6. The summed E-state index contributed by atoms with van der Waals surface area (Å²) in [4.78, 5) is 72.9. The van der Waals surface area contributed by atoms with Gasteiger partial charge in [-0.2, -0.15) is 0 Å². The number of ether oxygens (including phenoxy) is 5. The Morgan fingerprint density at radius 3 is 1.77 bits per heavy atom. The standard InChI is InChI=1S/C35H44N6O11/c1-35(2,3)52-34(47)41-25-17-48-32-26(18-49-31(25)32)51-19-40-30(45)14-38-28(43)12-36-27(42)13-37-29(44)15-39-33(46)50-16-24-22-10-6-4-8-20(22)21-9-5-7-11-23(21)24/h4-11,24-26,31-32H,12-19H2,1-3H3,(H,36,42)(H,37,44)(H,38,43)(H,39,46)(H,40,45)(H,41,47)/t25-,26+,31+,32+/m0/s1. The number of rotatable bonds is 14. The first-order valence-electron chi connectivity index (χ1n) is 16.9. The molecular formula is C35H44N6O11. The Kier molecular flexibility index (Phi) is 12.6. The highest BCUT2D eigenvalue weighted by Crippen LogP contribution is 2.44. The molecule has 6 N–H and O–H groups in total. The van der Waals surface area contributed by atoms with Gasteiger partial charge in [0.2, 0.25) is 23.6 Å². The van der Waals surface area contributed by atoms with Gasteiger partial charge < -0.3 is 55.6 Å². The Hall–Kier alpha value is -5.26. The summed E-state index contributed by atoms with van der Waals surface area (Å²) in [7, 11) is 0. The number of nitrogens with one attached hydrogen (secondary N) is 6. The van der Waals surface area contributed by atoms with Crippen molar-refractivity contribution < 1.29 is 52.5 Å². The molecule has 17 heteroatoms. The molecule has 17 nitrogen and oxygen atoms in total. The Morgan fingerprint density at radius 2 is 1.19 bits per heavy atom. The van der Waals surface area contributed by atoms with E-state index in [1.54, 1.807) is 20.8 Å². The molecule has 2 aliphatic heterocycles. The largest absolute Gasteiger partial charge is 0.449 e. The maximum absolute atomic E-state index is 12.3. The van der Waals surface area contributed by atoms with Gasteiger partial charge >= 0.3 is 12.2 Å². The highest BCUT2D eigenvalue weighted by atomic mass is 16.6. The molecule has 0 spiro atoms. The SMILES string of the molecule is CC(C)(C)OC(=O)N[C@H]1CO[C@H]2[C@@H]1OC[C@H]2OCNC(=O)CNC(=O)CNC(=O)CNC(=O)CNC(=O)OCC1c2ccccc2-c2ccccc21. The second kappa shape index (κ2) is 17.3. The molecule has 2 aromatic carbocycles. The minimum atomic E-state index is -0.777. The highest BCUT2D eigenvalue weighted by Gasteiger charge is 2.49. The van der Waals surface area contributed by atoms with E-state index in [1.165, 1.54) is 0 Å². The number of fused-ring (bicyclic) bond motifs is 4. The van der Waals surface area contributed by atoms with Crippen LogP contribution in [-0.4, -0.2) is 119 Å². The van der Waals surface area contributed by atoms with Gasteiger partial charge in [0.1, 0.15) is 43.8 Å². The lowest BCUT2D eigenvalue weighted by molar-refractivity contribution is -0.129. The van der Waals surface area contributed by atoms with Crippen molar-refractivity contribution in [3.8, 4) is 11.1 Å². The number of hydrogen-bond acceptors (Lipinski definition) is 11. The summed E-state index contributed by atoms with van der Waals surface area (Å²) in [6.45, 7) is 3.95. The van der Waals surface area contributed by atoms with Crippen molar-refractivity contribution in [2.45, 2.75) is 56.6 Å². The van der Waals surface area contributed by atoms with E-state index < -0.39 is 85.4 Å². The van der Waals surface area contributed by atoms with Gasteiger partial charge in [0.25, 0.3) is 0 Å². The van der Waals surface area contributed by atoms with Gasteiger partial charge in [-0.25, -0.2) is 9.59 Å². The summed E-state index contributed by atoms with van der Waals surface area (Å²) in [5.74, 6) is -2.59. The van der Waals surface area contributed by atoms with Gasteiger partial charge in [0, 0.05) is 5.92 Å². The van der Waals surface area contributed by atoms with E-state index in [1.807, 2.05) is 48.5 Å². The van der Waals surface area contributed by atoms with Crippen LogP contribution in [0.2, 0.25) is 0 Å². The van der Waals surface area contributed by atoms with Crippen molar-refractivity contribution in [3.05, 3.63) is 59.7 Å². The van der Waals surface area contributed by atoms with E-state index >= 15 is 0 Å². The molecule has 280 valence electrons. The zero-order valence-corrected chi connectivity index (χ0v) is 29.2. The number of amides is 6. The molecular weight excluding hydrogens is 680 g/mol. The summed E-state index contributed by atoms with van der Waals surface area (Å²) < 4.78 is 27.8. The Balaban J connectivity index is 0.886. The molecule has 5 rings (SSSR count). The fourth-order valence-corrected chi connectivity index (χ4v) is 6.01. The van der Waals surface area contributed by atoms with Gasteiger partial charge in [-0.3, -0.25) is 19.2 Å². The van der Waals surface area contributed by atoms with Crippen LogP contribution in [0.5, 0.6) is 0 Å². The van der Waals surface area contributed by atoms with E-state index in [0.29, 0.717) is 0 Å². The average molecular weight is 725 g/mol. The quantitative estimate of drug-likeness (QED) is 0.143. The normalized spacial score (nSPS) is 20.1. The van der Waals surface area contributed by atoms with Crippen LogP contribution in [0.15, 0.2) is 48.5 Å². The van der Waals surface area contributed by atoms with Crippen molar-refractivity contribution in [2.24, 2.45) is 0 Å². The second-order valence-corrected chi connectivity index (χ2v) is 13.3. The van der Waals surface area contributed by atoms with Gasteiger partial charge in [-0.15, -0.1) is 0 Å². The molecule has 0 radical (unpaired) electrons. The lowest BCUT2D eigenvalue weighted by atomic mass is 9.98. The zero-order valence-electron chi connectivity index (χ0n) is 29.2. The van der Waals surface area contributed by atoms with Crippen molar-refractivity contribution >= 4 is 35.8 Å². The summed E-state index contributed by atoms with van der Waals surface area (Å²) in [6.07, 6.45) is -2.71. The number of alkyl carbamates (subject to hydrolysis) is 2. The van der Waals surface area contributed by atoms with E-state index in [2.05, 4.69) is 31.9 Å². The Labute approximate surface area is 300 Å². The number of carbonyl (C=O) groups is 6. The molecule has 1 aliphatic carbocycles. The highest BCUT2D eigenvalue weighted by molar-refractivity contribution is 5.90. The van der Waals surface area contributed by atoms with Crippen LogP contribution in [-0.2, 0) is 42.9 Å². The molecule has 2 fully saturated rings. The maximum atomic E-state index is 12.3. The van der Waals surface area contributed by atoms with Crippen molar-refractivity contribution in [1.82, 2.24) is 31.9 Å². The third-order valence-corrected chi connectivity index (χ3v) is 8.35. The van der Waals surface area contributed by atoms with Crippen LogP contribution < -0.4 is 31.9 Å². The zero-order chi connectivity index (χ0) is 37.3. The topological polar surface area (TPSA) is 221 Å². The van der Waals surface area contributed by atoms with E-state index in [4.69, 9.17) is 23.7 Å².